The molecule has 0 aromatic carbocycles. The predicted octanol–water partition coefficient (Wildman–Crippen LogP) is 3.08. The lowest BCUT2D eigenvalue weighted by Crippen LogP contribution is -2.40. The average Bonchev–Trinajstić information content (AvgIpc) is 2.64. The molecule has 2 heteroatoms. The zero-order valence-electron chi connectivity index (χ0n) is 12.9. The first-order valence-corrected chi connectivity index (χ1v) is 8.04. The largest absolute Gasteiger partial charge is 0.301 e. The fourth-order valence-corrected chi connectivity index (χ4v) is 3.94. The highest BCUT2D eigenvalue weighted by Crippen LogP contribution is 2.25. The van der Waals surface area contributed by atoms with Crippen molar-refractivity contribution in [2.24, 2.45) is 17.8 Å². The van der Waals surface area contributed by atoms with Gasteiger partial charge in [0.2, 0.25) is 0 Å². The molecule has 2 heterocycles. The third-order valence-electron chi connectivity index (χ3n) is 5.07. The lowest BCUT2D eigenvalue weighted by atomic mass is 9.85. The summed E-state index contributed by atoms with van der Waals surface area (Å²) in [5.74, 6) is 2.49. The van der Waals surface area contributed by atoms with E-state index in [4.69, 9.17) is 0 Å². The first-order chi connectivity index (χ1) is 8.58. The Morgan fingerprint density at radius 3 is 2.28 bits per heavy atom. The van der Waals surface area contributed by atoms with Crippen LogP contribution >= 0.6 is 0 Å². The molecule has 0 aromatic heterocycles. The maximum Gasteiger partial charge on any atom is 0.0223 e. The van der Waals surface area contributed by atoms with Gasteiger partial charge in [-0.05, 0) is 56.7 Å². The Morgan fingerprint density at radius 2 is 1.61 bits per heavy atom. The summed E-state index contributed by atoms with van der Waals surface area (Å²) in [7, 11) is 0. The van der Waals surface area contributed by atoms with Crippen molar-refractivity contribution >= 4 is 0 Å². The van der Waals surface area contributed by atoms with Crippen molar-refractivity contribution in [2.75, 3.05) is 32.7 Å². The molecule has 18 heavy (non-hydrogen) atoms. The van der Waals surface area contributed by atoms with E-state index in [0.29, 0.717) is 0 Å². The normalized spacial score (nSPS) is 27.2. The first kappa shape index (κ1) is 14.3. The molecular formula is C16H32N2. The summed E-state index contributed by atoms with van der Waals surface area (Å²) >= 11 is 0. The Kier molecular flexibility index (Phi) is 5.08. The van der Waals surface area contributed by atoms with Crippen molar-refractivity contribution in [3.05, 3.63) is 0 Å². The van der Waals surface area contributed by atoms with Gasteiger partial charge in [0, 0.05) is 19.1 Å². The van der Waals surface area contributed by atoms with E-state index in [-0.39, 0.29) is 0 Å². The molecule has 2 saturated heterocycles. The fourth-order valence-electron chi connectivity index (χ4n) is 3.94. The fraction of sp³-hybridized carbons (Fsp3) is 1.00. The molecule has 0 radical (unpaired) electrons. The Balaban J connectivity index is 1.91. The van der Waals surface area contributed by atoms with Crippen LogP contribution in [0.2, 0.25) is 0 Å². The van der Waals surface area contributed by atoms with Crippen LogP contribution in [0.1, 0.15) is 47.0 Å². The van der Waals surface area contributed by atoms with Gasteiger partial charge in [-0.3, -0.25) is 4.90 Å². The van der Waals surface area contributed by atoms with Crippen molar-refractivity contribution in [1.29, 1.82) is 0 Å². The second kappa shape index (κ2) is 6.38. The van der Waals surface area contributed by atoms with E-state index in [1.165, 1.54) is 52.0 Å². The maximum atomic E-state index is 2.76. The third-order valence-corrected chi connectivity index (χ3v) is 5.07. The van der Waals surface area contributed by atoms with Gasteiger partial charge in [0.05, 0.1) is 0 Å². The minimum absolute atomic E-state index is 0.813. The van der Waals surface area contributed by atoms with Crippen LogP contribution < -0.4 is 0 Å². The molecule has 2 nitrogen and oxygen atoms in total. The first-order valence-electron chi connectivity index (χ1n) is 8.04. The van der Waals surface area contributed by atoms with Gasteiger partial charge in [0.25, 0.3) is 0 Å². The Morgan fingerprint density at radius 1 is 0.944 bits per heavy atom. The Labute approximate surface area is 114 Å². The van der Waals surface area contributed by atoms with E-state index in [1.54, 1.807) is 0 Å². The Hall–Kier alpha value is -0.0800. The highest BCUT2D eigenvalue weighted by atomic mass is 15.3. The molecule has 2 aliphatic rings. The predicted molar refractivity (Wildman–Crippen MR) is 78.8 cm³/mol. The minimum atomic E-state index is 0.813. The second-order valence-corrected chi connectivity index (χ2v) is 7.10. The topological polar surface area (TPSA) is 6.48 Å². The zero-order chi connectivity index (χ0) is 13.1. The summed E-state index contributed by atoms with van der Waals surface area (Å²) in [4.78, 5) is 5.50. The molecule has 0 bridgehead atoms. The van der Waals surface area contributed by atoms with Crippen LogP contribution in [0.15, 0.2) is 0 Å². The number of fused-ring (bicyclic) bond motifs is 1. The van der Waals surface area contributed by atoms with Crippen LogP contribution in [0.3, 0.4) is 0 Å². The van der Waals surface area contributed by atoms with Crippen molar-refractivity contribution in [3.63, 3.8) is 0 Å². The molecule has 0 N–H and O–H groups in total. The van der Waals surface area contributed by atoms with Crippen LogP contribution in [0.4, 0.5) is 0 Å². The molecule has 1 atom stereocenters. The summed E-state index contributed by atoms with van der Waals surface area (Å²) in [6.07, 6.45) is 4.24. The van der Waals surface area contributed by atoms with Gasteiger partial charge in [-0.1, -0.05) is 27.7 Å². The molecule has 106 valence electrons. The standard InChI is InChI=1S/C16H32N2/c1-13(2)16(14(3)4)12-17-8-6-10-18-9-5-7-15(18)11-17/h13-16H,5-12H2,1-4H3. The Bertz CT molecular complexity index is 241. The monoisotopic (exact) mass is 252 g/mol. The van der Waals surface area contributed by atoms with Crippen LogP contribution in [-0.2, 0) is 0 Å². The summed E-state index contributed by atoms with van der Waals surface area (Å²) in [5, 5.41) is 0. The summed E-state index contributed by atoms with van der Waals surface area (Å²) in [6, 6.07) is 0.868. The van der Waals surface area contributed by atoms with E-state index in [1.807, 2.05) is 0 Å². The molecule has 2 rings (SSSR count). The number of rotatable bonds is 4. The quantitative estimate of drug-likeness (QED) is 0.758. The minimum Gasteiger partial charge on any atom is -0.301 e. The summed E-state index contributed by atoms with van der Waals surface area (Å²) < 4.78 is 0. The van der Waals surface area contributed by atoms with Gasteiger partial charge in [-0.15, -0.1) is 0 Å². The van der Waals surface area contributed by atoms with Crippen molar-refractivity contribution in [3.8, 4) is 0 Å². The van der Waals surface area contributed by atoms with Crippen molar-refractivity contribution in [2.45, 2.75) is 53.0 Å². The zero-order valence-corrected chi connectivity index (χ0v) is 12.9. The lowest BCUT2D eigenvalue weighted by molar-refractivity contribution is 0.153. The molecule has 0 amide bonds. The van der Waals surface area contributed by atoms with Crippen molar-refractivity contribution in [1.82, 2.24) is 9.80 Å². The van der Waals surface area contributed by atoms with Crippen molar-refractivity contribution < 1.29 is 0 Å². The van der Waals surface area contributed by atoms with Crippen LogP contribution in [0, 0.1) is 17.8 Å². The molecule has 0 spiro atoms. The highest BCUT2D eigenvalue weighted by molar-refractivity contribution is 4.86. The van der Waals surface area contributed by atoms with Gasteiger partial charge in [0.15, 0.2) is 0 Å². The van der Waals surface area contributed by atoms with Crippen LogP contribution in [0.5, 0.6) is 0 Å². The number of hydrogen-bond acceptors (Lipinski definition) is 2. The van der Waals surface area contributed by atoms with Gasteiger partial charge in [-0.25, -0.2) is 0 Å². The van der Waals surface area contributed by atoms with Gasteiger partial charge in [-0.2, -0.15) is 0 Å². The number of nitrogens with zero attached hydrogens (tertiary/aromatic N) is 2. The maximum absolute atomic E-state index is 2.76. The molecule has 1 unspecified atom stereocenters. The van der Waals surface area contributed by atoms with Gasteiger partial charge in [0.1, 0.15) is 0 Å². The molecule has 2 aliphatic heterocycles. The van der Waals surface area contributed by atoms with Gasteiger partial charge < -0.3 is 4.90 Å². The van der Waals surface area contributed by atoms with E-state index in [0.717, 1.165) is 23.8 Å². The molecule has 0 aromatic rings. The van der Waals surface area contributed by atoms with Crippen LogP contribution in [-0.4, -0.2) is 48.6 Å². The second-order valence-electron chi connectivity index (χ2n) is 7.10. The number of hydrogen-bond donors (Lipinski definition) is 0. The average molecular weight is 252 g/mol. The molecule has 0 saturated carbocycles. The highest BCUT2D eigenvalue weighted by Gasteiger charge is 2.30. The van der Waals surface area contributed by atoms with E-state index < -0.39 is 0 Å². The smallest absolute Gasteiger partial charge is 0.0223 e. The molecule has 0 aliphatic carbocycles. The van der Waals surface area contributed by atoms with Gasteiger partial charge >= 0.3 is 0 Å². The lowest BCUT2D eigenvalue weighted by Gasteiger charge is -2.33. The third kappa shape index (κ3) is 3.48. The summed E-state index contributed by atoms with van der Waals surface area (Å²) in [5.41, 5.74) is 0. The SMILES string of the molecule is CC(C)C(CN1CCCN2CCCC2C1)C(C)C. The van der Waals surface area contributed by atoms with E-state index in [9.17, 15) is 0 Å². The van der Waals surface area contributed by atoms with E-state index in [2.05, 4.69) is 37.5 Å². The van der Waals surface area contributed by atoms with E-state index >= 15 is 0 Å². The summed E-state index contributed by atoms with van der Waals surface area (Å²) in [6.45, 7) is 16.2. The van der Waals surface area contributed by atoms with Crippen LogP contribution in [0.25, 0.3) is 0 Å². The molecule has 2 fully saturated rings. The molecular weight excluding hydrogens is 220 g/mol.